The summed E-state index contributed by atoms with van der Waals surface area (Å²) in [6, 6.07) is 6.99. The molecule has 2 atom stereocenters. The minimum Gasteiger partial charge on any atom is -0.497 e. The molecule has 1 aliphatic heterocycles. The summed E-state index contributed by atoms with van der Waals surface area (Å²) in [5.74, 6) is 2.17. The molecule has 4 nitrogen and oxygen atoms in total. The Kier molecular flexibility index (Phi) is 4.89. The zero-order valence-electron chi connectivity index (χ0n) is 12.9. The highest BCUT2D eigenvalue weighted by Gasteiger charge is 2.36. The fraction of sp³-hybridized carbons (Fsp3) is 0.625. The molecule has 112 valence electrons. The highest BCUT2D eigenvalue weighted by atomic mass is 16.5. The Labute approximate surface area is 121 Å². The fourth-order valence-corrected chi connectivity index (χ4v) is 3.17. The fourth-order valence-electron chi connectivity index (χ4n) is 3.17. The summed E-state index contributed by atoms with van der Waals surface area (Å²) in [6.45, 7) is 6.30. The lowest BCUT2D eigenvalue weighted by molar-refractivity contribution is 0.184. The summed E-state index contributed by atoms with van der Waals surface area (Å²) >= 11 is 0. The smallest absolute Gasteiger partial charge is 0.122 e. The molecular formula is C16H26N2O2. The quantitative estimate of drug-likeness (QED) is 0.898. The summed E-state index contributed by atoms with van der Waals surface area (Å²) in [4.78, 5) is 2.52. The van der Waals surface area contributed by atoms with Gasteiger partial charge in [-0.3, -0.25) is 4.90 Å². The van der Waals surface area contributed by atoms with Crippen molar-refractivity contribution in [3.8, 4) is 11.5 Å². The third-order valence-electron chi connectivity index (χ3n) is 4.24. The monoisotopic (exact) mass is 278 g/mol. The minimum atomic E-state index is 0.351. The molecule has 1 saturated heterocycles. The van der Waals surface area contributed by atoms with Crippen LogP contribution in [0.1, 0.15) is 31.9 Å². The zero-order valence-corrected chi connectivity index (χ0v) is 12.9. The molecule has 1 fully saturated rings. The largest absolute Gasteiger partial charge is 0.497 e. The van der Waals surface area contributed by atoms with Crippen molar-refractivity contribution < 1.29 is 9.47 Å². The van der Waals surface area contributed by atoms with Crippen LogP contribution in [-0.4, -0.2) is 38.3 Å². The van der Waals surface area contributed by atoms with Gasteiger partial charge in [-0.2, -0.15) is 0 Å². The third kappa shape index (κ3) is 2.91. The van der Waals surface area contributed by atoms with E-state index < -0.39 is 0 Å². The standard InChI is InChI=1S/C16H26N2O2/c1-11(2)18-6-5-12(10-17)16(18)13-7-14(19-3)9-15(8-13)20-4/h7-9,11-12,16H,5-6,10,17H2,1-4H3. The van der Waals surface area contributed by atoms with E-state index in [1.165, 1.54) is 5.56 Å². The maximum atomic E-state index is 5.98. The number of hydrogen-bond acceptors (Lipinski definition) is 4. The number of likely N-dealkylation sites (tertiary alicyclic amines) is 1. The van der Waals surface area contributed by atoms with E-state index in [0.29, 0.717) is 24.5 Å². The molecule has 4 heteroatoms. The Bertz CT molecular complexity index is 426. The van der Waals surface area contributed by atoms with Gasteiger partial charge in [-0.25, -0.2) is 0 Å². The first-order valence-electron chi connectivity index (χ1n) is 7.29. The number of rotatable bonds is 5. The van der Waals surface area contributed by atoms with E-state index in [-0.39, 0.29) is 0 Å². The van der Waals surface area contributed by atoms with Gasteiger partial charge in [0, 0.05) is 18.2 Å². The predicted molar refractivity (Wildman–Crippen MR) is 81.3 cm³/mol. The summed E-state index contributed by atoms with van der Waals surface area (Å²) < 4.78 is 10.8. The Morgan fingerprint density at radius 3 is 2.25 bits per heavy atom. The van der Waals surface area contributed by atoms with Crippen molar-refractivity contribution in [2.75, 3.05) is 27.3 Å². The molecule has 0 aromatic heterocycles. The van der Waals surface area contributed by atoms with Crippen LogP contribution in [0.3, 0.4) is 0 Å². The molecule has 0 spiro atoms. The summed E-state index contributed by atoms with van der Waals surface area (Å²) in [7, 11) is 3.38. The van der Waals surface area contributed by atoms with Crippen LogP contribution in [0.4, 0.5) is 0 Å². The summed E-state index contributed by atoms with van der Waals surface area (Å²) in [6.07, 6.45) is 1.15. The van der Waals surface area contributed by atoms with Gasteiger partial charge in [0.1, 0.15) is 11.5 Å². The van der Waals surface area contributed by atoms with E-state index >= 15 is 0 Å². The van der Waals surface area contributed by atoms with Gasteiger partial charge < -0.3 is 15.2 Å². The van der Waals surface area contributed by atoms with Crippen LogP contribution in [0.15, 0.2) is 18.2 Å². The Balaban J connectivity index is 2.40. The number of hydrogen-bond donors (Lipinski definition) is 1. The average molecular weight is 278 g/mol. The molecule has 2 unspecified atom stereocenters. The molecule has 2 N–H and O–H groups in total. The SMILES string of the molecule is COc1cc(OC)cc(C2C(CN)CCN2C(C)C)c1. The van der Waals surface area contributed by atoms with Crippen LogP contribution in [0.25, 0.3) is 0 Å². The van der Waals surface area contributed by atoms with E-state index in [1.807, 2.05) is 6.07 Å². The van der Waals surface area contributed by atoms with E-state index in [9.17, 15) is 0 Å². The zero-order chi connectivity index (χ0) is 14.7. The van der Waals surface area contributed by atoms with Gasteiger partial charge in [-0.1, -0.05) is 0 Å². The highest BCUT2D eigenvalue weighted by molar-refractivity contribution is 5.40. The summed E-state index contributed by atoms with van der Waals surface area (Å²) in [5.41, 5.74) is 7.21. The number of benzene rings is 1. The van der Waals surface area contributed by atoms with Gasteiger partial charge in [0.05, 0.1) is 14.2 Å². The molecule has 1 heterocycles. The van der Waals surface area contributed by atoms with Crippen LogP contribution in [0.5, 0.6) is 11.5 Å². The van der Waals surface area contributed by atoms with Gasteiger partial charge in [-0.15, -0.1) is 0 Å². The van der Waals surface area contributed by atoms with Gasteiger partial charge in [0.15, 0.2) is 0 Å². The van der Waals surface area contributed by atoms with Crippen molar-refractivity contribution in [3.05, 3.63) is 23.8 Å². The lowest BCUT2D eigenvalue weighted by atomic mass is 9.93. The van der Waals surface area contributed by atoms with Crippen LogP contribution < -0.4 is 15.2 Å². The first kappa shape index (κ1) is 15.1. The molecule has 0 radical (unpaired) electrons. The second-order valence-electron chi connectivity index (χ2n) is 5.71. The van der Waals surface area contributed by atoms with Crippen LogP contribution in [0.2, 0.25) is 0 Å². The number of nitrogens with zero attached hydrogens (tertiary/aromatic N) is 1. The Morgan fingerprint density at radius 1 is 1.20 bits per heavy atom. The van der Waals surface area contributed by atoms with Gasteiger partial charge in [0.2, 0.25) is 0 Å². The van der Waals surface area contributed by atoms with E-state index in [2.05, 4.69) is 30.9 Å². The number of ether oxygens (including phenoxy) is 2. The maximum Gasteiger partial charge on any atom is 0.122 e. The molecule has 0 bridgehead atoms. The predicted octanol–water partition coefficient (Wildman–Crippen LogP) is 2.43. The van der Waals surface area contributed by atoms with Crippen LogP contribution in [-0.2, 0) is 0 Å². The second-order valence-corrected chi connectivity index (χ2v) is 5.71. The molecule has 0 aliphatic carbocycles. The number of nitrogens with two attached hydrogens (primary N) is 1. The van der Waals surface area contributed by atoms with Crippen molar-refractivity contribution in [3.63, 3.8) is 0 Å². The van der Waals surface area contributed by atoms with Crippen LogP contribution >= 0.6 is 0 Å². The van der Waals surface area contributed by atoms with Crippen molar-refractivity contribution >= 4 is 0 Å². The van der Waals surface area contributed by atoms with Crippen molar-refractivity contribution in [2.24, 2.45) is 11.7 Å². The van der Waals surface area contributed by atoms with Crippen molar-refractivity contribution in [2.45, 2.75) is 32.4 Å². The van der Waals surface area contributed by atoms with E-state index in [4.69, 9.17) is 15.2 Å². The molecule has 1 aromatic carbocycles. The second kappa shape index (κ2) is 6.46. The van der Waals surface area contributed by atoms with Gasteiger partial charge in [-0.05, 0) is 57.0 Å². The molecule has 1 aliphatic rings. The van der Waals surface area contributed by atoms with E-state index in [1.54, 1.807) is 14.2 Å². The topological polar surface area (TPSA) is 47.7 Å². The number of methoxy groups -OCH3 is 2. The molecule has 1 aromatic rings. The third-order valence-corrected chi connectivity index (χ3v) is 4.24. The highest BCUT2D eigenvalue weighted by Crippen LogP contribution is 2.40. The minimum absolute atomic E-state index is 0.351. The molecule has 20 heavy (non-hydrogen) atoms. The van der Waals surface area contributed by atoms with E-state index in [0.717, 1.165) is 24.5 Å². The maximum absolute atomic E-state index is 5.98. The van der Waals surface area contributed by atoms with Gasteiger partial charge in [0.25, 0.3) is 0 Å². The molecule has 0 saturated carbocycles. The normalized spacial score (nSPS) is 23.3. The first-order valence-corrected chi connectivity index (χ1v) is 7.29. The first-order chi connectivity index (χ1) is 9.60. The van der Waals surface area contributed by atoms with Gasteiger partial charge >= 0.3 is 0 Å². The lowest BCUT2D eigenvalue weighted by Gasteiger charge is -2.31. The molecule has 2 rings (SSSR count). The lowest BCUT2D eigenvalue weighted by Crippen LogP contribution is -2.33. The summed E-state index contributed by atoms with van der Waals surface area (Å²) in [5, 5.41) is 0. The van der Waals surface area contributed by atoms with Crippen molar-refractivity contribution in [1.29, 1.82) is 0 Å². The van der Waals surface area contributed by atoms with Crippen LogP contribution in [0, 0.1) is 5.92 Å². The Hall–Kier alpha value is -1.26. The molecule has 0 amide bonds. The molecular weight excluding hydrogens is 252 g/mol. The average Bonchev–Trinajstić information content (AvgIpc) is 2.90. The Morgan fingerprint density at radius 2 is 1.80 bits per heavy atom. The van der Waals surface area contributed by atoms with Crippen molar-refractivity contribution in [1.82, 2.24) is 4.90 Å².